The lowest BCUT2D eigenvalue weighted by Gasteiger charge is -2.13. The van der Waals surface area contributed by atoms with Crippen LogP contribution in [-0.2, 0) is 6.54 Å². The summed E-state index contributed by atoms with van der Waals surface area (Å²) in [7, 11) is 0. The highest BCUT2D eigenvalue weighted by molar-refractivity contribution is 7.07. The number of aliphatic hydroxyl groups is 1. The molecule has 0 aliphatic carbocycles. The molecular weight excluding hydrogens is 298 g/mol. The van der Waals surface area contributed by atoms with E-state index in [4.69, 9.17) is 11.6 Å². The number of thiophene rings is 1. The molecule has 7 heteroatoms. The van der Waals surface area contributed by atoms with Gasteiger partial charge in [0.2, 0.25) is 0 Å². The maximum Gasteiger partial charge on any atom is 0.287 e. The largest absolute Gasteiger partial charge is 0.387 e. The molecule has 0 aliphatic heterocycles. The van der Waals surface area contributed by atoms with Crippen LogP contribution in [0.4, 0.5) is 5.69 Å². The summed E-state index contributed by atoms with van der Waals surface area (Å²) < 4.78 is 1.34. The van der Waals surface area contributed by atoms with E-state index in [1.807, 2.05) is 23.8 Å². The third-order valence-electron chi connectivity index (χ3n) is 2.83. The maximum absolute atomic E-state index is 11.9. The molecule has 2 heterocycles. The molecule has 0 bridgehead atoms. The second-order valence-corrected chi connectivity index (χ2v) is 5.51. The number of hydrogen-bond donors (Lipinski definition) is 2. The smallest absolute Gasteiger partial charge is 0.287 e. The van der Waals surface area contributed by atoms with Crippen molar-refractivity contribution in [2.75, 3.05) is 11.9 Å². The molecule has 0 radical (unpaired) electrons. The first-order chi connectivity index (χ1) is 9.63. The molecule has 0 aromatic carbocycles. The Morgan fingerprint density at radius 3 is 3.05 bits per heavy atom. The molecule has 0 saturated carbocycles. The molecule has 2 rings (SSSR count). The van der Waals surface area contributed by atoms with Gasteiger partial charge in [0.25, 0.3) is 5.56 Å². The van der Waals surface area contributed by atoms with Gasteiger partial charge in [0.05, 0.1) is 18.0 Å². The Morgan fingerprint density at radius 2 is 2.40 bits per heavy atom. The van der Waals surface area contributed by atoms with E-state index in [-0.39, 0.29) is 17.1 Å². The van der Waals surface area contributed by atoms with Crippen molar-refractivity contribution in [3.8, 4) is 0 Å². The molecule has 0 fully saturated rings. The number of hydrogen-bond acceptors (Lipinski definition) is 5. The van der Waals surface area contributed by atoms with Crippen LogP contribution in [0.25, 0.3) is 0 Å². The standard InChI is InChI=1S/C13H16ClN3O2S/c1-2-4-17-13(19)12(14)10(6-16-17)15-7-11(18)9-3-5-20-8-9/h3,5-6,8,11,15,18H,2,4,7H2,1H3. The highest BCUT2D eigenvalue weighted by Gasteiger charge is 2.12. The van der Waals surface area contributed by atoms with Gasteiger partial charge in [-0.25, -0.2) is 4.68 Å². The molecule has 1 atom stereocenters. The molecule has 20 heavy (non-hydrogen) atoms. The molecule has 0 saturated heterocycles. The number of aromatic nitrogens is 2. The van der Waals surface area contributed by atoms with Gasteiger partial charge in [0.15, 0.2) is 0 Å². The number of aliphatic hydroxyl groups excluding tert-OH is 1. The Morgan fingerprint density at radius 1 is 1.60 bits per heavy atom. The lowest BCUT2D eigenvalue weighted by molar-refractivity contribution is 0.192. The number of rotatable bonds is 6. The minimum Gasteiger partial charge on any atom is -0.387 e. The van der Waals surface area contributed by atoms with Crippen molar-refractivity contribution in [3.05, 3.63) is 44.0 Å². The SMILES string of the molecule is CCCn1ncc(NCC(O)c2ccsc2)c(Cl)c1=O. The minimum absolute atomic E-state index is 0.103. The zero-order chi connectivity index (χ0) is 14.5. The quantitative estimate of drug-likeness (QED) is 0.860. The zero-order valence-corrected chi connectivity index (χ0v) is 12.6. The molecule has 2 aromatic rings. The number of anilines is 1. The summed E-state index contributed by atoms with van der Waals surface area (Å²) in [6, 6.07) is 1.86. The Bertz CT molecular complexity index is 613. The zero-order valence-electron chi connectivity index (χ0n) is 11.0. The number of aryl methyl sites for hydroxylation is 1. The molecule has 0 spiro atoms. The minimum atomic E-state index is -0.643. The van der Waals surface area contributed by atoms with Gasteiger partial charge in [-0.2, -0.15) is 16.4 Å². The first-order valence-electron chi connectivity index (χ1n) is 6.33. The van der Waals surface area contributed by atoms with Gasteiger partial charge in [0.1, 0.15) is 5.02 Å². The van der Waals surface area contributed by atoms with Crippen LogP contribution in [0.1, 0.15) is 25.0 Å². The molecule has 1 unspecified atom stereocenters. The normalized spacial score (nSPS) is 12.3. The van der Waals surface area contributed by atoms with E-state index < -0.39 is 6.10 Å². The summed E-state index contributed by atoms with van der Waals surface area (Å²) in [6.45, 7) is 2.77. The van der Waals surface area contributed by atoms with Crippen molar-refractivity contribution in [1.82, 2.24) is 9.78 Å². The summed E-state index contributed by atoms with van der Waals surface area (Å²) in [6.07, 6.45) is 1.68. The lowest BCUT2D eigenvalue weighted by atomic mass is 10.2. The topological polar surface area (TPSA) is 67.2 Å². The van der Waals surface area contributed by atoms with Crippen LogP contribution in [0.5, 0.6) is 0 Å². The van der Waals surface area contributed by atoms with Gasteiger partial charge in [-0.15, -0.1) is 0 Å². The monoisotopic (exact) mass is 313 g/mol. The van der Waals surface area contributed by atoms with Crippen molar-refractivity contribution in [2.45, 2.75) is 26.0 Å². The molecule has 0 aliphatic rings. The van der Waals surface area contributed by atoms with Crippen molar-refractivity contribution in [1.29, 1.82) is 0 Å². The average Bonchev–Trinajstić information content (AvgIpc) is 2.97. The fraction of sp³-hybridized carbons (Fsp3) is 0.385. The molecular formula is C13H16ClN3O2S. The van der Waals surface area contributed by atoms with Gasteiger partial charge < -0.3 is 10.4 Å². The van der Waals surface area contributed by atoms with Gasteiger partial charge in [-0.1, -0.05) is 18.5 Å². The third kappa shape index (κ3) is 3.39. The van der Waals surface area contributed by atoms with E-state index in [1.54, 1.807) is 0 Å². The fourth-order valence-electron chi connectivity index (χ4n) is 1.75. The molecule has 0 amide bonds. The van der Waals surface area contributed by atoms with Crippen molar-refractivity contribution >= 4 is 28.6 Å². The Hall–Kier alpha value is -1.37. The van der Waals surface area contributed by atoms with E-state index in [1.165, 1.54) is 22.2 Å². The highest BCUT2D eigenvalue weighted by Crippen LogP contribution is 2.19. The van der Waals surface area contributed by atoms with E-state index >= 15 is 0 Å². The third-order valence-corrected chi connectivity index (χ3v) is 3.90. The van der Waals surface area contributed by atoms with E-state index in [2.05, 4.69) is 10.4 Å². The predicted octanol–water partition coefficient (Wildman–Crippen LogP) is 2.51. The summed E-state index contributed by atoms with van der Waals surface area (Å²) >= 11 is 7.55. The average molecular weight is 314 g/mol. The van der Waals surface area contributed by atoms with E-state index in [9.17, 15) is 9.90 Å². The first-order valence-corrected chi connectivity index (χ1v) is 7.65. The first kappa shape index (κ1) is 15.0. The molecule has 2 N–H and O–H groups in total. The van der Waals surface area contributed by atoms with Crippen LogP contribution >= 0.6 is 22.9 Å². The number of nitrogens with one attached hydrogen (secondary N) is 1. The summed E-state index contributed by atoms with van der Waals surface area (Å²) in [5, 5.41) is 20.9. The Labute approximate surface area is 125 Å². The van der Waals surface area contributed by atoms with Crippen LogP contribution in [0.2, 0.25) is 5.02 Å². The fourth-order valence-corrected chi connectivity index (χ4v) is 2.67. The number of halogens is 1. The Balaban J connectivity index is 2.07. The van der Waals surface area contributed by atoms with Crippen molar-refractivity contribution < 1.29 is 5.11 Å². The van der Waals surface area contributed by atoms with Crippen molar-refractivity contribution in [3.63, 3.8) is 0 Å². The summed E-state index contributed by atoms with van der Waals surface area (Å²) in [5.41, 5.74) is 0.966. The second-order valence-electron chi connectivity index (χ2n) is 4.35. The molecule has 2 aromatic heterocycles. The van der Waals surface area contributed by atoms with Crippen LogP contribution in [-0.4, -0.2) is 21.4 Å². The van der Waals surface area contributed by atoms with Crippen LogP contribution in [0, 0.1) is 0 Å². The van der Waals surface area contributed by atoms with Crippen molar-refractivity contribution in [2.24, 2.45) is 0 Å². The predicted molar refractivity (Wildman–Crippen MR) is 81.6 cm³/mol. The van der Waals surface area contributed by atoms with Gasteiger partial charge in [-0.05, 0) is 28.8 Å². The summed E-state index contributed by atoms with van der Waals surface area (Å²) in [5.74, 6) is 0. The van der Waals surface area contributed by atoms with Crippen LogP contribution in [0.3, 0.4) is 0 Å². The maximum atomic E-state index is 11.9. The van der Waals surface area contributed by atoms with E-state index in [0.717, 1.165) is 12.0 Å². The highest BCUT2D eigenvalue weighted by atomic mass is 35.5. The molecule has 108 valence electrons. The van der Waals surface area contributed by atoms with Crippen LogP contribution < -0.4 is 10.9 Å². The van der Waals surface area contributed by atoms with Gasteiger partial charge in [0, 0.05) is 13.1 Å². The Kier molecular flexibility index (Phi) is 5.17. The van der Waals surface area contributed by atoms with Gasteiger partial charge in [-0.3, -0.25) is 4.79 Å². The van der Waals surface area contributed by atoms with Crippen LogP contribution in [0.15, 0.2) is 27.8 Å². The number of nitrogens with zero attached hydrogens (tertiary/aromatic N) is 2. The molecule has 5 nitrogen and oxygen atoms in total. The van der Waals surface area contributed by atoms with Gasteiger partial charge >= 0.3 is 0 Å². The second kappa shape index (κ2) is 6.88. The summed E-state index contributed by atoms with van der Waals surface area (Å²) in [4.78, 5) is 11.9. The lowest BCUT2D eigenvalue weighted by Crippen LogP contribution is -2.24. The van der Waals surface area contributed by atoms with E-state index in [0.29, 0.717) is 12.2 Å².